The molecule has 0 saturated heterocycles. The Hall–Kier alpha value is -0.440. The summed E-state index contributed by atoms with van der Waals surface area (Å²) in [6.45, 7) is 2.67. The third-order valence-corrected chi connectivity index (χ3v) is 3.09. The van der Waals surface area contributed by atoms with Crippen LogP contribution in [0, 0.1) is 0 Å². The van der Waals surface area contributed by atoms with Gasteiger partial charge in [0.25, 0.3) is 6.43 Å². The Bertz CT molecular complexity index is 214. The highest BCUT2D eigenvalue weighted by atomic mass is 19.3. The number of rotatable bonds is 5. The molecule has 94 valence electrons. The number of halogens is 2. The molecule has 0 radical (unpaired) electrons. The SMILES string of the molecule is CCCNC(C1=CCCCCCC1)C(F)F. The molecular weight excluding hydrogens is 208 g/mol. The van der Waals surface area contributed by atoms with Crippen LogP contribution in [-0.4, -0.2) is 19.0 Å². The lowest BCUT2D eigenvalue weighted by molar-refractivity contribution is 0.111. The van der Waals surface area contributed by atoms with E-state index < -0.39 is 12.5 Å². The van der Waals surface area contributed by atoms with Crippen LogP contribution < -0.4 is 5.32 Å². The Labute approximate surface area is 97.3 Å². The molecule has 0 aromatic heterocycles. The number of allylic oxidation sites excluding steroid dienone is 1. The molecule has 1 atom stereocenters. The van der Waals surface area contributed by atoms with E-state index >= 15 is 0 Å². The van der Waals surface area contributed by atoms with Crippen molar-refractivity contribution in [3.8, 4) is 0 Å². The van der Waals surface area contributed by atoms with E-state index in [-0.39, 0.29) is 0 Å². The minimum atomic E-state index is -2.28. The van der Waals surface area contributed by atoms with Crippen molar-refractivity contribution in [3.63, 3.8) is 0 Å². The Morgan fingerprint density at radius 2 is 2.00 bits per heavy atom. The number of hydrogen-bond donors (Lipinski definition) is 1. The summed E-state index contributed by atoms with van der Waals surface area (Å²) in [6, 6.07) is -0.710. The smallest absolute Gasteiger partial charge is 0.257 e. The van der Waals surface area contributed by atoms with Gasteiger partial charge in [0, 0.05) is 0 Å². The van der Waals surface area contributed by atoms with Gasteiger partial charge in [-0.05, 0) is 38.6 Å². The summed E-state index contributed by atoms with van der Waals surface area (Å²) in [6.07, 6.45) is 7.09. The van der Waals surface area contributed by atoms with Crippen LogP contribution in [0.2, 0.25) is 0 Å². The van der Waals surface area contributed by atoms with Crippen LogP contribution in [0.1, 0.15) is 51.9 Å². The molecular formula is C13H23F2N. The fourth-order valence-electron chi connectivity index (χ4n) is 2.18. The predicted molar refractivity (Wildman–Crippen MR) is 63.9 cm³/mol. The van der Waals surface area contributed by atoms with Gasteiger partial charge in [-0.15, -0.1) is 0 Å². The lowest BCUT2D eigenvalue weighted by atomic mass is 9.95. The van der Waals surface area contributed by atoms with Crippen LogP contribution in [0.15, 0.2) is 11.6 Å². The van der Waals surface area contributed by atoms with Crippen molar-refractivity contribution >= 4 is 0 Å². The molecule has 1 N–H and O–H groups in total. The highest BCUT2D eigenvalue weighted by molar-refractivity contribution is 5.12. The van der Waals surface area contributed by atoms with E-state index in [2.05, 4.69) is 5.32 Å². The molecule has 16 heavy (non-hydrogen) atoms. The first-order valence-corrected chi connectivity index (χ1v) is 6.46. The minimum absolute atomic E-state index is 0.673. The molecule has 0 amide bonds. The second-order valence-electron chi connectivity index (χ2n) is 4.50. The molecule has 0 heterocycles. The van der Waals surface area contributed by atoms with Gasteiger partial charge in [0.2, 0.25) is 0 Å². The molecule has 0 bridgehead atoms. The lowest BCUT2D eigenvalue weighted by Crippen LogP contribution is -2.38. The molecule has 1 rings (SSSR count). The van der Waals surface area contributed by atoms with Crippen LogP contribution in [0.3, 0.4) is 0 Å². The number of alkyl halides is 2. The monoisotopic (exact) mass is 231 g/mol. The summed E-state index contributed by atoms with van der Waals surface area (Å²) < 4.78 is 25.9. The van der Waals surface area contributed by atoms with Crippen molar-refractivity contribution in [1.29, 1.82) is 0 Å². The number of hydrogen-bond acceptors (Lipinski definition) is 1. The lowest BCUT2D eigenvalue weighted by Gasteiger charge is -2.22. The number of nitrogens with one attached hydrogen (secondary N) is 1. The zero-order valence-corrected chi connectivity index (χ0v) is 10.1. The molecule has 0 saturated carbocycles. The Kier molecular flexibility index (Phi) is 6.62. The van der Waals surface area contributed by atoms with Gasteiger partial charge >= 0.3 is 0 Å². The summed E-state index contributed by atoms with van der Waals surface area (Å²) in [4.78, 5) is 0. The van der Waals surface area contributed by atoms with Crippen LogP contribution in [0.4, 0.5) is 8.78 Å². The van der Waals surface area contributed by atoms with Crippen LogP contribution in [0.25, 0.3) is 0 Å². The first kappa shape index (κ1) is 13.6. The standard InChI is InChI=1S/C13H23F2N/c1-2-10-16-12(13(14)15)11-8-6-4-3-5-7-9-11/h8,12-13,16H,2-7,9-10H2,1H3. The Balaban J connectivity index is 2.58. The van der Waals surface area contributed by atoms with Crippen molar-refractivity contribution in [2.45, 2.75) is 64.3 Å². The summed E-state index contributed by atoms with van der Waals surface area (Å²) in [7, 11) is 0. The normalized spacial score (nSPS) is 20.1. The highest BCUT2D eigenvalue weighted by Crippen LogP contribution is 2.22. The maximum atomic E-state index is 12.9. The van der Waals surface area contributed by atoms with E-state index in [1.165, 1.54) is 12.8 Å². The van der Waals surface area contributed by atoms with Crippen molar-refractivity contribution in [2.75, 3.05) is 6.54 Å². The summed E-state index contributed by atoms with van der Waals surface area (Å²) in [5, 5.41) is 2.97. The molecule has 0 aromatic rings. The average molecular weight is 231 g/mol. The zero-order chi connectivity index (χ0) is 11.8. The van der Waals surface area contributed by atoms with Gasteiger partial charge in [0.15, 0.2) is 0 Å². The first-order chi connectivity index (χ1) is 7.75. The maximum absolute atomic E-state index is 12.9. The van der Waals surface area contributed by atoms with Gasteiger partial charge in [-0.3, -0.25) is 0 Å². The Morgan fingerprint density at radius 3 is 2.69 bits per heavy atom. The predicted octanol–water partition coefficient (Wildman–Crippen LogP) is 3.90. The molecule has 0 aliphatic heterocycles. The van der Waals surface area contributed by atoms with E-state index in [0.29, 0.717) is 6.54 Å². The zero-order valence-electron chi connectivity index (χ0n) is 10.1. The first-order valence-electron chi connectivity index (χ1n) is 6.46. The quantitative estimate of drug-likeness (QED) is 0.708. The van der Waals surface area contributed by atoms with Crippen molar-refractivity contribution in [3.05, 3.63) is 11.6 Å². The van der Waals surface area contributed by atoms with Crippen LogP contribution in [-0.2, 0) is 0 Å². The van der Waals surface area contributed by atoms with Crippen molar-refractivity contribution in [2.24, 2.45) is 0 Å². The summed E-state index contributed by atoms with van der Waals surface area (Å²) >= 11 is 0. The van der Waals surface area contributed by atoms with E-state index in [1.807, 2.05) is 13.0 Å². The average Bonchev–Trinajstić information content (AvgIpc) is 2.20. The van der Waals surface area contributed by atoms with Gasteiger partial charge in [-0.1, -0.05) is 31.4 Å². The molecule has 1 aliphatic carbocycles. The fourth-order valence-corrected chi connectivity index (χ4v) is 2.18. The Morgan fingerprint density at radius 1 is 1.25 bits per heavy atom. The van der Waals surface area contributed by atoms with Gasteiger partial charge in [0.05, 0.1) is 6.04 Å². The van der Waals surface area contributed by atoms with Gasteiger partial charge < -0.3 is 5.32 Å². The second kappa shape index (κ2) is 7.77. The van der Waals surface area contributed by atoms with Crippen LogP contribution >= 0.6 is 0 Å². The largest absolute Gasteiger partial charge is 0.306 e. The van der Waals surface area contributed by atoms with Gasteiger partial charge in [-0.25, -0.2) is 8.78 Å². The summed E-state index contributed by atoms with van der Waals surface area (Å²) in [5.74, 6) is 0. The van der Waals surface area contributed by atoms with Crippen LogP contribution in [0.5, 0.6) is 0 Å². The molecule has 0 spiro atoms. The molecule has 0 fully saturated rings. The van der Waals surface area contributed by atoms with Gasteiger partial charge in [0.1, 0.15) is 0 Å². The van der Waals surface area contributed by atoms with Crippen molar-refractivity contribution in [1.82, 2.24) is 5.32 Å². The van der Waals surface area contributed by atoms with E-state index in [0.717, 1.165) is 37.7 Å². The third-order valence-electron chi connectivity index (χ3n) is 3.09. The molecule has 1 unspecified atom stereocenters. The van der Waals surface area contributed by atoms with Crippen molar-refractivity contribution < 1.29 is 8.78 Å². The molecule has 1 aliphatic rings. The molecule has 1 nitrogen and oxygen atoms in total. The fraction of sp³-hybridized carbons (Fsp3) is 0.846. The topological polar surface area (TPSA) is 12.0 Å². The van der Waals surface area contributed by atoms with Gasteiger partial charge in [-0.2, -0.15) is 0 Å². The summed E-state index contributed by atoms with van der Waals surface area (Å²) in [5.41, 5.74) is 0.933. The molecule has 3 heteroatoms. The van der Waals surface area contributed by atoms with E-state index in [9.17, 15) is 8.78 Å². The maximum Gasteiger partial charge on any atom is 0.257 e. The molecule has 0 aromatic carbocycles. The minimum Gasteiger partial charge on any atom is -0.306 e. The third kappa shape index (κ3) is 4.60. The van der Waals surface area contributed by atoms with E-state index in [1.54, 1.807) is 0 Å². The van der Waals surface area contributed by atoms with E-state index in [4.69, 9.17) is 0 Å². The highest BCUT2D eigenvalue weighted by Gasteiger charge is 2.23. The second-order valence-corrected chi connectivity index (χ2v) is 4.50.